The van der Waals surface area contributed by atoms with Crippen LogP contribution < -0.4 is 16.4 Å². The largest absolute Gasteiger partial charge is 0.507 e. The fraction of sp³-hybridized carbons (Fsp3) is 0.125. The summed E-state index contributed by atoms with van der Waals surface area (Å²) in [5.74, 6) is 0.448. The highest BCUT2D eigenvalue weighted by atomic mass is 16.3. The number of hydrogen-bond donors (Lipinski definition) is 5. The lowest BCUT2D eigenvalue weighted by molar-refractivity contribution is 0.100. The Labute approximate surface area is 185 Å². The van der Waals surface area contributed by atoms with Crippen molar-refractivity contribution in [2.75, 3.05) is 10.6 Å². The molecule has 0 saturated heterocycles. The van der Waals surface area contributed by atoms with E-state index in [4.69, 9.17) is 5.73 Å². The number of carbonyl (C=O) groups is 1. The highest BCUT2D eigenvalue weighted by Gasteiger charge is 2.19. The number of benzene rings is 2. The summed E-state index contributed by atoms with van der Waals surface area (Å²) in [7, 11) is 0. The van der Waals surface area contributed by atoms with Gasteiger partial charge in [0.2, 0.25) is 0 Å². The van der Waals surface area contributed by atoms with E-state index in [2.05, 4.69) is 25.8 Å². The molecule has 4 aromatic rings. The molecule has 162 valence electrons. The van der Waals surface area contributed by atoms with Gasteiger partial charge in [-0.2, -0.15) is 5.10 Å². The summed E-state index contributed by atoms with van der Waals surface area (Å²) in [5.41, 5.74) is 11.2. The Kier molecular flexibility index (Phi) is 5.76. The van der Waals surface area contributed by atoms with Crippen molar-refractivity contribution in [3.8, 4) is 16.9 Å². The molecule has 32 heavy (non-hydrogen) atoms. The third kappa shape index (κ3) is 4.39. The van der Waals surface area contributed by atoms with E-state index >= 15 is 0 Å². The Hall–Kier alpha value is -4.33. The van der Waals surface area contributed by atoms with E-state index in [1.807, 2.05) is 62.4 Å². The number of nitrogens with two attached hydrogens (primary N) is 1. The van der Waals surface area contributed by atoms with Crippen molar-refractivity contribution in [3.05, 3.63) is 83.2 Å². The molecule has 2 heterocycles. The number of aromatic nitrogens is 3. The van der Waals surface area contributed by atoms with Crippen LogP contribution >= 0.6 is 0 Å². The SMILES string of the molecule is Cc1cc(CNc2n[nH]c(Nc3ccc(-c4cccnc4)cc3)c2C(N)=O)cc(C)c1O. The van der Waals surface area contributed by atoms with Gasteiger partial charge in [0.05, 0.1) is 0 Å². The van der Waals surface area contributed by atoms with Crippen molar-refractivity contribution in [3.63, 3.8) is 0 Å². The summed E-state index contributed by atoms with van der Waals surface area (Å²) in [5, 5.41) is 23.3. The first kappa shape index (κ1) is 20.9. The summed E-state index contributed by atoms with van der Waals surface area (Å²) < 4.78 is 0. The maximum absolute atomic E-state index is 12.1. The average molecular weight is 428 g/mol. The number of nitrogens with one attached hydrogen (secondary N) is 3. The molecule has 1 amide bonds. The van der Waals surface area contributed by atoms with Gasteiger partial charge in [0.1, 0.15) is 17.1 Å². The Balaban J connectivity index is 1.51. The summed E-state index contributed by atoms with van der Waals surface area (Å²) in [4.78, 5) is 16.3. The van der Waals surface area contributed by atoms with Crippen LogP contribution in [0.25, 0.3) is 11.1 Å². The van der Waals surface area contributed by atoms with E-state index in [0.717, 1.165) is 33.5 Å². The number of anilines is 3. The second-order valence-electron chi connectivity index (χ2n) is 7.56. The van der Waals surface area contributed by atoms with Gasteiger partial charge in [-0.25, -0.2) is 0 Å². The van der Waals surface area contributed by atoms with Crippen molar-refractivity contribution >= 4 is 23.2 Å². The van der Waals surface area contributed by atoms with E-state index in [1.54, 1.807) is 12.4 Å². The first-order valence-corrected chi connectivity index (χ1v) is 10.1. The minimum absolute atomic E-state index is 0.244. The minimum atomic E-state index is -0.603. The van der Waals surface area contributed by atoms with E-state index in [1.165, 1.54) is 0 Å². The van der Waals surface area contributed by atoms with Gasteiger partial charge in [0.15, 0.2) is 5.82 Å². The maximum Gasteiger partial charge on any atom is 0.256 e. The smallest absolute Gasteiger partial charge is 0.256 e. The number of amides is 1. The van der Waals surface area contributed by atoms with Crippen LogP contribution in [0.5, 0.6) is 5.75 Å². The van der Waals surface area contributed by atoms with Gasteiger partial charge in [0, 0.05) is 24.6 Å². The molecule has 8 heteroatoms. The summed E-state index contributed by atoms with van der Waals surface area (Å²) in [6.45, 7) is 4.11. The quantitative estimate of drug-likeness (QED) is 0.299. The zero-order valence-corrected chi connectivity index (χ0v) is 17.8. The number of nitrogens with zero attached hydrogens (tertiary/aromatic N) is 2. The molecule has 0 fully saturated rings. The van der Waals surface area contributed by atoms with Crippen molar-refractivity contribution in [1.29, 1.82) is 0 Å². The highest BCUT2D eigenvalue weighted by Crippen LogP contribution is 2.28. The van der Waals surface area contributed by atoms with Gasteiger partial charge in [-0.3, -0.25) is 14.9 Å². The minimum Gasteiger partial charge on any atom is -0.507 e. The van der Waals surface area contributed by atoms with Crippen LogP contribution in [0.2, 0.25) is 0 Å². The predicted octanol–water partition coefficient (Wildman–Crippen LogP) is 4.25. The second-order valence-corrected chi connectivity index (χ2v) is 7.56. The normalized spacial score (nSPS) is 10.7. The number of phenolic OH excluding ortho intramolecular Hbond substituents is 1. The molecule has 2 aromatic heterocycles. The van der Waals surface area contributed by atoms with Crippen LogP contribution in [0.3, 0.4) is 0 Å². The molecular weight excluding hydrogens is 404 g/mol. The lowest BCUT2D eigenvalue weighted by atomic mass is 10.1. The van der Waals surface area contributed by atoms with Crippen LogP contribution in [-0.2, 0) is 6.54 Å². The van der Waals surface area contributed by atoms with Crippen molar-refractivity contribution in [2.24, 2.45) is 5.73 Å². The van der Waals surface area contributed by atoms with Gasteiger partial charge in [0.25, 0.3) is 5.91 Å². The summed E-state index contributed by atoms with van der Waals surface area (Å²) >= 11 is 0. The highest BCUT2D eigenvalue weighted by molar-refractivity contribution is 6.03. The molecule has 0 aliphatic heterocycles. The van der Waals surface area contributed by atoms with Gasteiger partial charge in [-0.05, 0) is 59.9 Å². The molecule has 0 aliphatic rings. The lowest BCUT2D eigenvalue weighted by Gasteiger charge is -2.10. The molecule has 8 nitrogen and oxygen atoms in total. The number of H-pyrrole nitrogens is 1. The average Bonchev–Trinajstić information content (AvgIpc) is 3.19. The van der Waals surface area contributed by atoms with Crippen molar-refractivity contribution < 1.29 is 9.90 Å². The van der Waals surface area contributed by atoms with Gasteiger partial charge >= 0.3 is 0 Å². The topological polar surface area (TPSA) is 129 Å². The standard InChI is InChI=1S/C24H24N6O2/c1-14-10-16(11-15(2)21(14)31)12-27-23-20(22(25)32)24(30-29-23)28-19-7-5-17(6-8-19)18-4-3-9-26-13-18/h3-11,13,31H,12H2,1-2H3,(H2,25,32)(H3,27,28,29,30). The molecular formula is C24H24N6O2. The zero-order valence-electron chi connectivity index (χ0n) is 17.8. The molecule has 0 bridgehead atoms. The first-order valence-electron chi connectivity index (χ1n) is 10.1. The molecule has 6 N–H and O–H groups in total. The van der Waals surface area contributed by atoms with Crippen LogP contribution in [-0.4, -0.2) is 26.2 Å². The number of primary amides is 1. The molecule has 0 atom stereocenters. The zero-order chi connectivity index (χ0) is 22.7. The number of aromatic hydroxyl groups is 1. The lowest BCUT2D eigenvalue weighted by Crippen LogP contribution is -2.15. The molecule has 0 spiro atoms. The van der Waals surface area contributed by atoms with Gasteiger partial charge in [-0.15, -0.1) is 0 Å². The van der Waals surface area contributed by atoms with Crippen LogP contribution in [0.1, 0.15) is 27.0 Å². The number of phenols is 1. The number of aromatic amines is 1. The fourth-order valence-electron chi connectivity index (χ4n) is 3.56. The van der Waals surface area contributed by atoms with Crippen molar-refractivity contribution in [2.45, 2.75) is 20.4 Å². The Morgan fingerprint density at radius 3 is 2.44 bits per heavy atom. The van der Waals surface area contributed by atoms with E-state index in [0.29, 0.717) is 18.2 Å². The van der Waals surface area contributed by atoms with Crippen LogP contribution in [0.15, 0.2) is 60.9 Å². The van der Waals surface area contributed by atoms with Gasteiger partial charge < -0.3 is 21.5 Å². The Morgan fingerprint density at radius 1 is 1.09 bits per heavy atom. The first-order chi connectivity index (χ1) is 15.4. The van der Waals surface area contributed by atoms with Crippen LogP contribution in [0.4, 0.5) is 17.3 Å². The number of rotatable bonds is 7. The fourth-order valence-corrected chi connectivity index (χ4v) is 3.56. The molecule has 0 aliphatic carbocycles. The summed E-state index contributed by atoms with van der Waals surface area (Å²) in [6, 6.07) is 15.4. The van der Waals surface area contributed by atoms with Crippen LogP contribution in [0, 0.1) is 13.8 Å². The predicted molar refractivity (Wildman–Crippen MR) is 125 cm³/mol. The number of hydrogen-bond acceptors (Lipinski definition) is 6. The second kappa shape index (κ2) is 8.81. The Bertz CT molecular complexity index is 1230. The monoisotopic (exact) mass is 428 g/mol. The molecule has 4 rings (SSSR count). The maximum atomic E-state index is 12.1. The number of pyridine rings is 1. The molecule has 0 unspecified atom stereocenters. The molecule has 0 saturated carbocycles. The Morgan fingerprint density at radius 2 is 1.81 bits per heavy atom. The molecule has 2 aromatic carbocycles. The van der Waals surface area contributed by atoms with E-state index in [9.17, 15) is 9.90 Å². The number of carbonyl (C=O) groups excluding carboxylic acids is 1. The van der Waals surface area contributed by atoms with Crippen molar-refractivity contribution in [1.82, 2.24) is 15.2 Å². The van der Waals surface area contributed by atoms with E-state index < -0.39 is 5.91 Å². The third-order valence-electron chi connectivity index (χ3n) is 5.17. The third-order valence-corrected chi connectivity index (χ3v) is 5.17. The van der Waals surface area contributed by atoms with E-state index in [-0.39, 0.29) is 11.3 Å². The number of aryl methyl sites for hydroxylation is 2. The summed E-state index contributed by atoms with van der Waals surface area (Å²) in [6.07, 6.45) is 3.54. The molecule has 0 radical (unpaired) electrons. The van der Waals surface area contributed by atoms with Gasteiger partial charge in [-0.1, -0.05) is 30.3 Å².